The second kappa shape index (κ2) is 7.97. The van der Waals surface area contributed by atoms with Crippen LogP contribution in [0.1, 0.15) is 19.8 Å². The van der Waals surface area contributed by atoms with Crippen molar-refractivity contribution >= 4 is 21.8 Å². The minimum absolute atomic E-state index is 0.148. The zero-order valence-electron chi connectivity index (χ0n) is 13.6. The van der Waals surface area contributed by atoms with Crippen molar-refractivity contribution < 1.29 is 9.53 Å². The number of rotatable bonds is 8. The molecule has 0 bridgehead atoms. The third kappa shape index (κ3) is 5.29. The third-order valence-electron chi connectivity index (χ3n) is 4.32. The van der Waals surface area contributed by atoms with Crippen LogP contribution in [0.5, 0.6) is 5.75 Å². The summed E-state index contributed by atoms with van der Waals surface area (Å²) in [5, 5.41) is 0. The first-order valence-corrected chi connectivity index (χ1v) is 8.59. The summed E-state index contributed by atoms with van der Waals surface area (Å²) in [4.78, 5) is 16.1. The van der Waals surface area contributed by atoms with Crippen molar-refractivity contribution in [1.82, 2.24) is 9.80 Å². The molecule has 0 spiro atoms. The molecule has 0 heterocycles. The molecular weight excluding hydrogens is 344 g/mol. The average Bonchev–Trinajstić information content (AvgIpc) is 3.33. The zero-order valence-corrected chi connectivity index (χ0v) is 15.2. The molecule has 4 nitrogen and oxygen atoms in total. The van der Waals surface area contributed by atoms with Crippen LogP contribution >= 0.6 is 15.9 Å². The quantitative estimate of drug-likeness (QED) is 0.706. The molecule has 2 rings (SSSR count). The van der Waals surface area contributed by atoms with Gasteiger partial charge in [-0.3, -0.25) is 9.69 Å². The van der Waals surface area contributed by atoms with E-state index in [9.17, 15) is 4.79 Å². The molecule has 0 N–H and O–H groups in total. The Balaban J connectivity index is 1.68. The normalized spacial score (nSPS) is 15.7. The van der Waals surface area contributed by atoms with Crippen molar-refractivity contribution in [2.24, 2.45) is 5.92 Å². The summed E-state index contributed by atoms with van der Waals surface area (Å²) in [7, 11) is 3.87. The van der Waals surface area contributed by atoms with Crippen LogP contribution in [0.3, 0.4) is 0 Å². The van der Waals surface area contributed by atoms with E-state index in [1.165, 1.54) is 12.8 Å². The van der Waals surface area contributed by atoms with Crippen molar-refractivity contribution in [3.05, 3.63) is 28.7 Å². The number of hydrogen-bond acceptors (Lipinski definition) is 3. The molecule has 122 valence electrons. The van der Waals surface area contributed by atoms with Crippen LogP contribution in [0.4, 0.5) is 0 Å². The van der Waals surface area contributed by atoms with E-state index in [1.54, 1.807) is 4.90 Å². The number of carbonyl (C=O) groups excluding carboxylic acids is 1. The summed E-state index contributed by atoms with van der Waals surface area (Å²) < 4.78 is 6.68. The molecule has 1 aromatic rings. The monoisotopic (exact) mass is 368 g/mol. The van der Waals surface area contributed by atoms with Gasteiger partial charge in [0, 0.05) is 17.6 Å². The Hall–Kier alpha value is -1.07. The predicted octanol–water partition coefficient (Wildman–Crippen LogP) is 3.02. The van der Waals surface area contributed by atoms with Crippen LogP contribution in [-0.2, 0) is 4.79 Å². The van der Waals surface area contributed by atoms with Crippen LogP contribution in [0.2, 0.25) is 0 Å². The molecule has 1 aliphatic rings. The number of benzene rings is 1. The molecule has 1 saturated carbocycles. The van der Waals surface area contributed by atoms with Gasteiger partial charge in [-0.05, 0) is 57.0 Å². The molecule has 0 aliphatic heterocycles. The molecule has 22 heavy (non-hydrogen) atoms. The molecule has 1 unspecified atom stereocenters. The van der Waals surface area contributed by atoms with Gasteiger partial charge in [0.1, 0.15) is 12.4 Å². The van der Waals surface area contributed by atoms with Crippen LogP contribution in [0.25, 0.3) is 0 Å². The molecule has 1 aliphatic carbocycles. The second-order valence-electron chi connectivity index (χ2n) is 6.11. The Labute approximate surface area is 141 Å². The summed E-state index contributed by atoms with van der Waals surface area (Å²) in [6, 6.07) is 8.21. The van der Waals surface area contributed by atoms with E-state index in [4.69, 9.17) is 4.74 Å². The number of ether oxygens (including phenoxy) is 1. The minimum atomic E-state index is 0.148. The fourth-order valence-electron chi connectivity index (χ4n) is 2.37. The summed E-state index contributed by atoms with van der Waals surface area (Å²) in [6.07, 6.45) is 2.60. The fourth-order valence-corrected chi connectivity index (χ4v) is 2.64. The number of likely N-dealkylation sites (N-methyl/N-ethyl adjacent to an activating group) is 2. The molecule has 1 aromatic carbocycles. The molecule has 0 saturated heterocycles. The molecule has 1 atom stereocenters. The summed E-state index contributed by atoms with van der Waals surface area (Å²) >= 11 is 3.39. The van der Waals surface area contributed by atoms with E-state index in [2.05, 4.69) is 27.8 Å². The highest BCUT2D eigenvalue weighted by molar-refractivity contribution is 9.10. The first-order chi connectivity index (χ1) is 10.5. The highest BCUT2D eigenvalue weighted by Crippen LogP contribution is 2.34. The number of amides is 1. The van der Waals surface area contributed by atoms with E-state index in [0.717, 1.165) is 16.1 Å². The Morgan fingerprint density at radius 2 is 1.95 bits per heavy atom. The first kappa shape index (κ1) is 17.3. The van der Waals surface area contributed by atoms with Gasteiger partial charge in [0.05, 0.1) is 13.1 Å². The van der Waals surface area contributed by atoms with E-state index in [-0.39, 0.29) is 5.91 Å². The average molecular weight is 369 g/mol. The standard InChI is InChI=1S/C17H25BrN2O2/c1-13(14-4-5-14)20(3)12-17(21)19(2)10-11-22-16-8-6-15(18)7-9-16/h6-9,13-14H,4-5,10-12H2,1-3H3. The molecular formula is C17H25BrN2O2. The number of carbonyl (C=O) groups is 1. The van der Waals surface area contributed by atoms with Crippen molar-refractivity contribution in [3.8, 4) is 5.75 Å². The Bertz CT molecular complexity index is 488. The van der Waals surface area contributed by atoms with E-state index < -0.39 is 0 Å². The number of halogens is 1. The topological polar surface area (TPSA) is 32.8 Å². The van der Waals surface area contributed by atoms with Gasteiger partial charge in [0.2, 0.25) is 5.91 Å². The van der Waals surface area contributed by atoms with Crippen molar-refractivity contribution in [1.29, 1.82) is 0 Å². The highest BCUT2D eigenvalue weighted by atomic mass is 79.9. The summed E-state index contributed by atoms with van der Waals surface area (Å²) in [5.74, 6) is 1.75. The van der Waals surface area contributed by atoms with E-state index in [1.807, 2.05) is 38.4 Å². The van der Waals surface area contributed by atoms with Gasteiger partial charge in [0.15, 0.2) is 0 Å². The third-order valence-corrected chi connectivity index (χ3v) is 4.85. The van der Waals surface area contributed by atoms with E-state index >= 15 is 0 Å². The zero-order chi connectivity index (χ0) is 16.1. The maximum absolute atomic E-state index is 12.2. The summed E-state index contributed by atoms with van der Waals surface area (Å²) in [5.41, 5.74) is 0. The minimum Gasteiger partial charge on any atom is -0.492 e. The highest BCUT2D eigenvalue weighted by Gasteiger charge is 2.31. The second-order valence-corrected chi connectivity index (χ2v) is 7.03. The SMILES string of the molecule is CC(C1CC1)N(C)CC(=O)N(C)CCOc1ccc(Br)cc1. The Kier molecular flexibility index (Phi) is 6.26. The van der Waals surface area contributed by atoms with Gasteiger partial charge in [-0.2, -0.15) is 0 Å². The van der Waals surface area contributed by atoms with Crippen LogP contribution in [0.15, 0.2) is 28.7 Å². The number of hydrogen-bond donors (Lipinski definition) is 0. The maximum atomic E-state index is 12.2. The molecule has 5 heteroatoms. The lowest BCUT2D eigenvalue weighted by molar-refractivity contribution is -0.131. The Morgan fingerprint density at radius 3 is 2.55 bits per heavy atom. The van der Waals surface area contributed by atoms with Gasteiger partial charge in [-0.15, -0.1) is 0 Å². The lowest BCUT2D eigenvalue weighted by Gasteiger charge is -2.26. The molecule has 0 radical (unpaired) electrons. The lowest BCUT2D eigenvalue weighted by atomic mass is 10.2. The van der Waals surface area contributed by atoms with Gasteiger partial charge in [-0.1, -0.05) is 15.9 Å². The van der Waals surface area contributed by atoms with Crippen LogP contribution in [0, 0.1) is 5.92 Å². The van der Waals surface area contributed by atoms with Gasteiger partial charge < -0.3 is 9.64 Å². The molecule has 1 amide bonds. The molecule has 0 aromatic heterocycles. The van der Waals surface area contributed by atoms with Crippen molar-refractivity contribution in [3.63, 3.8) is 0 Å². The van der Waals surface area contributed by atoms with Gasteiger partial charge >= 0.3 is 0 Å². The van der Waals surface area contributed by atoms with Gasteiger partial charge in [0.25, 0.3) is 0 Å². The molecule has 1 fully saturated rings. The Morgan fingerprint density at radius 1 is 1.32 bits per heavy atom. The van der Waals surface area contributed by atoms with E-state index in [0.29, 0.717) is 25.7 Å². The van der Waals surface area contributed by atoms with Crippen molar-refractivity contribution in [2.45, 2.75) is 25.8 Å². The van der Waals surface area contributed by atoms with Gasteiger partial charge in [-0.25, -0.2) is 0 Å². The maximum Gasteiger partial charge on any atom is 0.236 e. The fraction of sp³-hybridized carbons (Fsp3) is 0.588. The predicted molar refractivity (Wildman–Crippen MR) is 92.1 cm³/mol. The largest absolute Gasteiger partial charge is 0.492 e. The smallest absolute Gasteiger partial charge is 0.236 e. The van der Waals surface area contributed by atoms with Crippen LogP contribution in [-0.4, -0.2) is 55.5 Å². The van der Waals surface area contributed by atoms with Crippen LogP contribution < -0.4 is 4.74 Å². The first-order valence-electron chi connectivity index (χ1n) is 7.80. The lowest BCUT2D eigenvalue weighted by Crippen LogP contribution is -2.42. The number of nitrogens with zero attached hydrogens (tertiary/aromatic N) is 2. The van der Waals surface area contributed by atoms with Crippen molar-refractivity contribution in [2.75, 3.05) is 33.8 Å². The summed E-state index contributed by atoms with van der Waals surface area (Å²) in [6.45, 7) is 3.79.